The van der Waals surface area contributed by atoms with E-state index in [1.165, 1.54) is 48.8 Å². The topological polar surface area (TPSA) is 218 Å². The van der Waals surface area contributed by atoms with Crippen molar-refractivity contribution in [1.29, 1.82) is 0 Å². The Balaban J connectivity index is 0.000000176. The van der Waals surface area contributed by atoms with E-state index in [0.717, 1.165) is 109 Å². The number of halogens is 3. The van der Waals surface area contributed by atoms with Crippen molar-refractivity contribution >= 4 is 79.8 Å². The van der Waals surface area contributed by atoms with E-state index in [1.807, 2.05) is 18.2 Å². The number of hydrogen-bond donors (Lipinski definition) is 3. The Kier molecular flexibility index (Phi) is 21.6. The molecule has 11 nitrogen and oxygen atoms in total. The number of carbonyl (C=O) groups is 8. The average molecular weight is 1190 g/mol. The molecule has 9 saturated carbocycles. The second-order valence-corrected chi connectivity index (χ2v) is 28.6. The molecule has 12 rings (SSSR count). The van der Waals surface area contributed by atoms with Gasteiger partial charge in [0.05, 0.1) is 5.92 Å². The number of ketones is 3. The van der Waals surface area contributed by atoms with Crippen LogP contribution in [0.25, 0.3) is 0 Å². The van der Waals surface area contributed by atoms with E-state index >= 15 is 0 Å². The maximum Gasteiger partial charge on any atom is 0.307 e. The molecule has 436 valence electrons. The van der Waals surface area contributed by atoms with Crippen LogP contribution in [0.4, 0.5) is 0 Å². The normalized spacial score (nSPS) is 43.9. The largest absolute Gasteiger partial charge is 0.481 e. The first-order valence-corrected chi connectivity index (χ1v) is 30.2. The fourth-order valence-electron chi connectivity index (χ4n) is 20.9. The number of hydrogen-bond acceptors (Lipinski definition) is 9. The predicted molar refractivity (Wildman–Crippen MR) is 295 cm³/mol. The molecule has 0 bridgehead atoms. The molecule has 12 aliphatic carbocycles. The van der Waals surface area contributed by atoms with Crippen molar-refractivity contribution in [1.82, 2.24) is 6.15 Å². The second kappa shape index (κ2) is 25.2. The van der Waals surface area contributed by atoms with E-state index < -0.39 is 16.5 Å². The van der Waals surface area contributed by atoms with Gasteiger partial charge in [0.25, 0.3) is 0 Å². The molecule has 0 aromatic heterocycles. The Morgan fingerprint density at radius 1 is 0.436 bits per heavy atom. The van der Waals surface area contributed by atoms with Crippen LogP contribution in [0.3, 0.4) is 0 Å². The third-order valence-electron chi connectivity index (χ3n) is 25.0. The summed E-state index contributed by atoms with van der Waals surface area (Å²) in [5.41, 5.74) is 10.8. The van der Waals surface area contributed by atoms with Gasteiger partial charge in [-0.1, -0.05) is 58.3 Å². The molecular formula is C62H87Ar2Cl3N2O9. The van der Waals surface area contributed by atoms with E-state index in [-0.39, 0.29) is 143 Å². The fourth-order valence-corrected chi connectivity index (χ4v) is 21.3. The average Bonchev–Trinajstić information content (AvgIpc) is 4.06. The first-order chi connectivity index (χ1) is 35.2. The van der Waals surface area contributed by atoms with Crippen molar-refractivity contribution in [2.24, 2.45) is 109 Å². The minimum Gasteiger partial charge on any atom is -0.481 e. The minimum absolute atomic E-state index is 0. The van der Waals surface area contributed by atoms with Gasteiger partial charge >= 0.3 is 16.5 Å². The summed E-state index contributed by atoms with van der Waals surface area (Å²) in [6.45, 7) is 14.1. The van der Waals surface area contributed by atoms with Crippen LogP contribution < -0.4 is 11.9 Å². The molecule has 0 heterocycles. The molecule has 16 heteroatoms. The molecular weight excluding hydrogens is 1100 g/mol. The van der Waals surface area contributed by atoms with E-state index in [1.54, 1.807) is 0 Å². The van der Waals surface area contributed by atoms with Crippen molar-refractivity contribution in [3.05, 3.63) is 34.9 Å². The van der Waals surface area contributed by atoms with Crippen LogP contribution >= 0.6 is 34.8 Å². The molecule has 18 atom stereocenters. The van der Waals surface area contributed by atoms with Gasteiger partial charge in [-0.3, -0.25) is 38.4 Å². The van der Waals surface area contributed by atoms with Gasteiger partial charge < -0.3 is 17.0 Å². The van der Waals surface area contributed by atoms with Gasteiger partial charge in [-0.25, -0.2) is 0 Å². The van der Waals surface area contributed by atoms with Crippen LogP contribution in [0.5, 0.6) is 0 Å². The Morgan fingerprint density at radius 3 is 1.03 bits per heavy atom. The molecule has 0 radical (unpaired) electrons. The van der Waals surface area contributed by atoms with Gasteiger partial charge in [0.1, 0.15) is 0 Å². The molecule has 0 spiro atoms. The summed E-state index contributed by atoms with van der Waals surface area (Å²) in [7, 11) is 0. The minimum atomic E-state index is -1.14. The number of carbonyl (C=O) groups excluding carboxylic acids is 7. The van der Waals surface area contributed by atoms with Crippen molar-refractivity contribution < 1.29 is 119 Å². The molecule has 0 aromatic carbocycles. The van der Waals surface area contributed by atoms with Crippen LogP contribution in [-0.2, 0) is 38.4 Å². The number of nitrogens with two attached hydrogens (primary N) is 1. The Bertz CT molecular complexity index is 2260. The third-order valence-corrected chi connectivity index (χ3v) is 25.7. The number of amides is 1. The Hall–Kier alpha value is -0.471. The van der Waals surface area contributed by atoms with Crippen molar-refractivity contribution in [3.63, 3.8) is 0 Å². The molecule has 0 saturated heterocycles. The van der Waals surface area contributed by atoms with Crippen molar-refractivity contribution in [2.45, 2.75) is 196 Å². The number of fused-ring (bicyclic) bond motifs is 15. The molecule has 0 aliphatic heterocycles. The van der Waals surface area contributed by atoms with E-state index in [4.69, 9.17) is 17.3 Å². The van der Waals surface area contributed by atoms with E-state index in [0.29, 0.717) is 83.5 Å². The zero-order chi connectivity index (χ0) is 54.4. The molecule has 9 unspecified atom stereocenters. The molecule has 0 aromatic rings. The summed E-state index contributed by atoms with van der Waals surface area (Å²) in [6, 6.07) is 0. The van der Waals surface area contributed by atoms with Gasteiger partial charge in [-0.15, -0.1) is 0 Å². The first-order valence-electron chi connectivity index (χ1n) is 29.0. The summed E-state index contributed by atoms with van der Waals surface area (Å²) in [5, 5.41) is 7.24. The van der Waals surface area contributed by atoms with Crippen LogP contribution in [0.1, 0.15) is 196 Å². The zero-order valence-electron chi connectivity index (χ0n) is 47.0. The number of allylic oxidation sites excluding steroid dienone is 3. The number of carboxylic acid groups (broad SMARTS) is 1. The summed E-state index contributed by atoms with van der Waals surface area (Å²) >= 11 is 14.9. The van der Waals surface area contributed by atoms with Crippen LogP contribution in [-0.4, -0.2) is 50.1 Å². The van der Waals surface area contributed by atoms with Gasteiger partial charge in [-0.05, 0) is 274 Å². The third kappa shape index (κ3) is 11.7. The Morgan fingerprint density at radius 2 is 0.731 bits per heavy atom. The number of primary amides is 1. The van der Waals surface area contributed by atoms with Gasteiger partial charge in [0, 0.05) is 107 Å². The van der Waals surface area contributed by atoms with Crippen molar-refractivity contribution in [3.8, 4) is 0 Å². The quantitative estimate of drug-likeness (QED) is 0.179. The van der Waals surface area contributed by atoms with Crippen LogP contribution in [0, 0.1) is 179 Å². The number of rotatable bonds is 4. The SMILES string of the molecule is C[C@]12CCC(=O)C=C1CCC1C2CC[C@@]2(C)C1CC[C@@H]2C(=O)Cl.C[C@]12CCC(=O)C=C1CCC1C2CC[C@@]2(C)C1CC[C@@H]2C(=O)O.C[C@]12CCC(=O)C=C1CCC1C2CC[C@@]2(C)C1CC[C@@H]2C(N)=O.N.O=C(Cl)C(=O)Cl.[Ar].[Ar]. The second-order valence-electron chi connectivity index (χ2n) is 27.5. The Labute approximate surface area is 539 Å². The zero-order valence-corrected chi connectivity index (χ0v) is 50.7. The fraction of sp³-hybridized carbons (Fsp3) is 0.774. The van der Waals surface area contributed by atoms with E-state index in [2.05, 4.69) is 64.7 Å². The van der Waals surface area contributed by atoms with Crippen LogP contribution in [0.2, 0.25) is 0 Å². The van der Waals surface area contributed by atoms with Crippen LogP contribution in [0.15, 0.2) is 34.9 Å². The molecule has 9 fully saturated rings. The monoisotopic (exact) mass is 1190 g/mol. The molecule has 6 N–H and O–H groups in total. The summed E-state index contributed by atoms with van der Waals surface area (Å²) in [4.78, 5) is 89.9. The molecule has 12 aliphatic rings. The van der Waals surface area contributed by atoms with Gasteiger partial charge in [0.15, 0.2) is 17.3 Å². The molecule has 78 heavy (non-hydrogen) atoms. The molecule has 1 amide bonds. The summed E-state index contributed by atoms with van der Waals surface area (Å²) < 4.78 is 0. The van der Waals surface area contributed by atoms with Crippen molar-refractivity contribution in [2.75, 3.05) is 0 Å². The van der Waals surface area contributed by atoms with Gasteiger partial charge in [-0.2, -0.15) is 0 Å². The maximum absolute atomic E-state index is 11.9. The smallest absolute Gasteiger partial charge is 0.307 e. The predicted octanol–water partition coefficient (Wildman–Crippen LogP) is 13.4. The maximum atomic E-state index is 11.9. The first kappa shape index (κ1) is 66.7. The standard InChI is InChI=1S/C20H27ClO2.C20H29NO2.C20H28O3.C2Cl2O2.2Ar.H3N/c2*1-19-9-7-13(22)11-12(19)3-4-14-15-5-6-17(18(21)23)20(15,2)10-8-16(14)19;1-19-9-7-13(21)11-12(19)3-4-14-15-5-6-17(18(22)23)20(15,2)10-8-16(14)19;3-1(5)2(4)6;;;/h11,14-17H,3-10H2,1-2H3;11,14-17H,3-10H2,1-2H3,(H2,21,23);11,14-17H,3-10H2,1-2H3,(H,22,23);;;;1H3/t3*14?,15?,16?,17-,19+,20+;;;;/m111..../s1. The summed E-state index contributed by atoms with van der Waals surface area (Å²) in [6.07, 6.45) is 30.9. The van der Waals surface area contributed by atoms with Gasteiger partial charge in [0.2, 0.25) is 11.1 Å². The number of aliphatic carboxylic acids is 1. The number of carboxylic acids is 1. The van der Waals surface area contributed by atoms with E-state index in [9.17, 15) is 43.5 Å². The summed E-state index contributed by atoms with van der Waals surface area (Å²) in [5.74, 6) is 6.27.